The molecule has 0 aliphatic carbocycles. The quantitative estimate of drug-likeness (QED) is 0.905. The molecule has 0 aliphatic rings. The zero-order valence-electron chi connectivity index (χ0n) is 10.9. The maximum absolute atomic E-state index is 11.3. The van der Waals surface area contributed by atoms with Crippen LogP contribution in [0, 0.1) is 0 Å². The van der Waals surface area contributed by atoms with Crippen molar-refractivity contribution in [3.05, 3.63) is 30.6 Å². The van der Waals surface area contributed by atoms with E-state index in [1.165, 1.54) is 37.7 Å². The second-order valence-corrected chi connectivity index (χ2v) is 5.96. The van der Waals surface area contributed by atoms with Crippen LogP contribution in [0.2, 0.25) is 0 Å². The van der Waals surface area contributed by atoms with Gasteiger partial charge in [-0.25, -0.2) is 8.42 Å². The zero-order valence-corrected chi connectivity index (χ0v) is 11.7. The van der Waals surface area contributed by atoms with Gasteiger partial charge in [-0.2, -0.15) is 9.97 Å². The van der Waals surface area contributed by atoms with E-state index in [4.69, 9.17) is 15.2 Å². The molecule has 0 bridgehead atoms. The van der Waals surface area contributed by atoms with Crippen molar-refractivity contribution in [2.24, 2.45) is 0 Å². The molecule has 0 amide bonds. The predicted octanol–water partition coefficient (Wildman–Crippen LogP) is 1.26. The molecule has 2 N–H and O–H groups in total. The van der Waals surface area contributed by atoms with Crippen LogP contribution in [0.25, 0.3) is 0 Å². The number of hydrogen-bond donors (Lipinski definition) is 1. The summed E-state index contributed by atoms with van der Waals surface area (Å²) in [5.41, 5.74) is 5.94. The van der Waals surface area contributed by atoms with Gasteiger partial charge in [-0.1, -0.05) is 0 Å². The summed E-state index contributed by atoms with van der Waals surface area (Å²) in [7, 11) is -1.80. The monoisotopic (exact) mass is 295 g/mol. The van der Waals surface area contributed by atoms with Gasteiger partial charge in [0.15, 0.2) is 15.5 Å². The molecule has 0 atom stereocenters. The maximum atomic E-state index is 11.3. The Balaban J connectivity index is 2.27. The summed E-state index contributed by atoms with van der Waals surface area (Å²) in [6, 6.07) is 5.92. The van der Waals surface area contributed by atoms with Gasteiger partial charge in [-0.3, -0.25) is 0 Å². The summed E-state index contributed by atoms with van der Waals surface area (Å²) in [6.45, 7) is 0. The van der Waals surface area contributed by atoms with E-state index < -0.39 is 9.84 Å². The Morgan fingerprint density at radius 1 is 1.10 bits per heavy atom. The second kappa shape index (κ2) is 5.33. The van der Waals surface area contributed by atoms with Crippen LogP contribution in [0.5, 0.6) is 17.5 Å². The van der Waals surface area contributed by atoms with Crippen molar-refractivity contribution in [1.82, 2.24) is 9.97 Å². The normalized spacial score (nSPS) is 11.1. The number of nitrogens with zero attached hydrogens (tertiary/aromatic N) is 2. The fourth-order valence-corrected chi connectivity index (χ4v) is 2.11. The van der Waals surface area contributed by atoms with Gasteiger partial charge in [-0.15, -0.1) is 0 Å². The van der Waals surface area contributed by atoms with E-state index in [0.29, 0.717) is 5.75 Å². The summed E-state index contributed by atoms with van der Waals surface area (Å²) < 4.78 is 33.1. The van der Waals surface area contributed by atoms with Crippen molar-refractivity contribution in [3.8, 4) is 17.5 Å². The van der Waals surface area contributed by atoms with Crippen LogP contribution in [-0.2, 0) is 9.84 Å². The first-order chi connectivity index (χ1) is 9.41. The van der Waals surface area contributed by atoms with E-state index in [2.05, 4.69) is 9.97 Å². The summed E-state index contributed by atoms with van der Waals surface area (Å²) in [5, 5.41) is 0. The minimum atomic E-state index is -3.24. The highest BCUT2D eigenvalue weighted by atomic mass is 32.2. The topological polar surface area (TPSA) is 104 Å². The molecule has 1 aromatic heterocycles. The molecule has 0 unspecified atom stereocenters. The minimum absolute atomic E-state index is 0.143. The number of hydrogen-bond acceptors (Lipinski definition) is 7. The van der Waals surface area contributed by atoms with Crippen LogP contribution in [-0.4, -0.2) is 31.8 Å². The van der Waals surface area contributed by atoms with Crippen molar-refractivity contribution in [3.63, 3.8) is 0 Å². The molecule has 0 spiro atoms. The van der Waals surface area contributed by atoms with E-state index in [1.54, 1.807) is 0 Å². The van der Waals surface area contributed by atoms with Crippen molar-refractivity contribution in [2.45, 2.75) is 4.90 Å². The molecular weight excluding hydrogens is 282 g/mol. The number of benzene rings is 1. The summed E-state index contributed by atoms with van der Waals surface area (Å²) in [6.07, 6.45) is 2.39. The van der Waals surface area contributed by atoms with Crippen LogP contribution < -0.4 is 15.2 Å². The fourth-order valence-electron chi connectivity index (χ4n) is 1.47. The number of sulfone groups is 1. The Labute approximate surface area is 116 Å². The maximum Gasteiger partial charge on any atom is 0.249 e. The Bertz CT molecular complexity index is 714. The highest BCUT2D eigenvalue weighted by Gasteiger charge is 2.11. The van der Waals surface area contributed by atoms with E-state index >= 15 is 0 Å². The molecular formula is C12H13N3O4S. The Kier molecular flexibility index (Phi) is 3.75. The van der Waals surface area contributed by atoms with Gasteiger partial charge in [0.05, 0.1) is 12.0 Å². The molecule has 106 valence electrons. The molecule has 0 saturated heterocycles. The molecule has 1 heterocycles. The first kappa shape index (κ1) is 14.1. The van der Waals surface area contributed by atoms with Gasteiger partial charge in [0.25, 0.3) is 0 Å². The van der Waals surface area contributed by atoms with Crippen LogP contribution in [0.3, 0.4) is 0 Å². The number of ether oxygens (including phenoxy) is 2. The molecule has 0 fully saturated rings. The molecule has 20 heavy (non-hydrogen) atoms. The molecule has 2 aromatic rings. The molecule has 7 nitrogen and oxygen atoms in total. The number of nitrogens with two attached hydrogens (primary N) is 1. The van der Waals surface area contributed by atoms with Crippen molar-refractivity contribution in [2.75, 3.05) is 19.1 Å². The predicted molar refractivity (Wildman–Crippen MR) is 72.6 cm³/mol. The van der Waals surface area contributed by atoms with Gasteiger partial charge in [0.1, 0.15) is 12.1 Å². The second-order valence-electron chi connectivity index (χ2n) is 3.95. The molecule has 0 radical (unpaired) electrons. The first-order valence-corrected chi connectivity index (χ1v) is 7.43. The van der Waals surface area contributed by atoms with Gasteiger partial charge in [0, 0.05) is 6.26 Å². The first-order valence-electron chi connectivity index (χ1n) is 5.54. The molecule has 8 heteroatoms. The number of anilines is 1. The fraction of sp³-hybridized carbons (Fsp3) is 0.167. The van der Waals surface area contributed by atoms with E-state index in [1.807, 2.05) is 0 Å². The van der Waals surface area contributed by atoms with Crippen molar-refractivity contribution < 1.29 is 17.9 Å². The van der Waals surface area contributed by atoms with Crippen LogP contribution in [0.1, 0.15) is 0 Å². The minimum Gasteiger partial charge on any atom is -0.479 e. The Hall–Kier alpha value is -2.35. The van der Waals surface area contributed by atoms with Crippen molar-refractivity contribution in [1.29, 1.82) is 0 Å². The van der Waals surface area contributed by atoms with Crippen LogP contribution >= 0.6 is 0 Å². The largest absolute Gasteiger partial charge is 0.479 e. The van der Waals surface area contributed by atoms with Gasteiger partial charge in [0.2, 0.25) is 11.8 Å². The summed E-state index contributed by atoms with van der Waals surface area (Å²) in [5.74, 6) is 0.761. The number of methoxy groups -OCH3 is 1. The third-order valence-electron chi connectivity index (χ3n) is 2.47. The number of rotatable bonds is 4. The molecule has 0 saturated carbocycles. The SMILES string of the molecule is COc1ncnc(Oc2ccc(S(C)(=O)=O)cc2)c1N. The van der Waals surface area contributed by atoms with Gasteiger partial charge >= 0.3 is 0 Å². The number of nitrogen functional groups attached to an aromatic ring is 1. The highest BCUT2D eigenvalue weighted by Crippen LogP contribution is 2.30. The molecule has 1 aromatic carbocycles. The smallest absolute Gasteiger partial charge is 0.249 e. The summed E-state index contributed by atoms with van der Waals surface area (Å²) >= 11 is 0. The Morgan fingerprint density at radius 2 is 1.70 bits per heavy atom. The van der Waals surface area contributed by atoms with E-state index in [-0.39, 0.29) is 22.3 Å². The highest BCUT2D eigenvalue weighted by molar-refractivity contribution is 7.90. The molecule has 2 rings (SSSR count). The lowest BCUT2D eigenvalue weighted by Crippen LogP contribution is -2.01. The summed E-state index contributed by atoms with van der Waals surface area (Å²) in [4.78, 5) is 7.93. The van der Waals surface area contributed by atoms with E-state index in [9.17, 15) is 8.42 Å². The van der Waals surface area contributed by atoms with Gasteiger partial charge < -0.3 is 15.2 Å². The van der Waals surface area contributed by atoms with Gasteiger partial charge in [-0.05, 0) is 24.3 Å². The lowest BCUT2D eigenvalue weighted by molar-refractivity contribution is 0.391. The standard InChI is InChI=1S/C12H13N3O4S/c1-18-11-10(13)12(15-7-14-11)19-8-3-5-9(6-4-8)20(2,16)17/h3-7H,13H2,1-2H3. The van der Waals surface area contributed by atoms with Crippen molar-refractivity contribution >= 4 is 15.5 Å². The third-order valence-corrected chi connectivity index (χ3v) is 3.60. The van der Waals surface area contributed by atoms with Crippen LogP contribution in [0.15, 0.2) is 35.5 Å². The third kappa shape index (κ3) is 2.97. The van der Waals surface area contributed by atoms with Crippen LogP contribution in [0.4, 0.5) is 5.69 Å². The molecule has 0 aliphatic heterocycles. The Morgan fingerprint density at radius 3 is 2.25 bits per heavy atom. The average Bonchev–Trinajstić information content (AvgIpc) is 2.41. The zero-order chi connectivity index (χ0) is 14.8. The lowest BCUT2D eigenvalue weighted by Gasteiger charge is -2.09. The number of aromatic nitrogens is 2. The average molecular weight is 295 g/mol. The van der Waals surface area contributed by atoms with E-state index in [0.717, 1.165) is 6.26 Å². The lowest BCUT2D eigenvalue weighted by atomic mass is 10.3.